The van der Waals surface area contributed by atoms with E-state index in [1.807, 2.05) is 0 Å². The summed E-state index contributed by atoms with van der Waals surface area (Å²) in [4.78, 5) is 12.6. The highest BCUT2D eigenvalue weighted by Crippen LogP contribution is 2.35. The minimum atomic E-state index is 0.0648. The molecule has 1 aromatic heterocycles. The lowest BCUT2D eigenvalue weighted by molar-refractivity contribution is -0.113. The van der Waals surface area contributed by atoms with Gasteiger partial charge in [-0.15, -0.1) is 0 Å². The molecule has 2 heterocycles. The molecular formula is C26H37N3O2. The van der Waals surface area contributed by atoms with E-state index >= 15 is 0 Å². The molecule has 0 amide bonds. The monoisotopic (exact) mass is 423 g/mol. The Balaban J connectivity index is 0.000000401. The predicted molar refractivity (Wildman–Crippen MR) is 126 cm³/mol. The highest BCUT2D eigenvalue weighted by atomic mass is 16.5. The largest absolute Gasteiger partial charge is 0.373 e. The maximum atomic E-state index is 10.0. The Morgan fingerprint density at radius 1 is 1.16 bits per heavy atom. The van der Waals surface area contributed by atoms with E-state index < -0.39 is 0 Å². The first-order chi connectivity index (χ1) is 14.8. The van der Waals surface area contributed by atoms with Gasteiger partial charge in [0.05, 0.1) is 24.1 Å². The van der Waals surface area contributed by atoms with Crippen LogP contribution >= 0.6 is 0 Å². The fourth-order valence-electron chi connectivity index (χ4n) is 4.55. The van der Waals surface area contributed by atoms with Crippen molar-refractivity contribution in [3.8, 4) is 5.69 Å². The summed E-state index contributed by atoms with van der Waals surface area (Å²) < 4.78 is 8.01. The number of hydrogen-bond acceptors (Lipinski definition) is 4. The molecule has 0 spiro atoms. The lowest BCUT2D eigenvalue weighted by Gasteiger charge is -2.36. The van der Waals surface area contributed by atoms with Crippen LogP contribution < -0.4 is 0 Å². The first-order valence-electron chi connectivity index (χ1n) is 11.5. The van der Waals surface area contributed by atoms with Crippen LogP contribution in [0.25, 0.3) is 5.69 Å². The van der Waals surface area contributed by atoms with Crippen LogP contribution in [0.5, 0.6) is 0 Å². The molecule has 1 fully saturated rings. The maximum Gasteiger partial charge on any atom is 0.154 e. The first-order valence-corrected chi connectivity index (χ1v) is 11.5. The number of ketones is 1. The Hall–Kier alpha value is -2.24. The third-order valence-electron chi connectivity index (χ3n) is 6.20. The molecule has 3 atom stereocenters. The molecule has 1 aliphatic carbocycles. The van der Waals surface area contributed by atoms with Crippen molar-refractivity contribution in [2.45, 2.75) is 71.5 Å². The Labute approximate surface area is 187 Å². The number of para-hydroxylation sites is 1. The van der Waals surface area contributed by atoms with E-state index in [-0.39, 0.29) is 5.78 Å². The molecule has 1 aliphatic heterocycles. The molecule has 4 rings (SSSR count). The number of carbonyl (C=O) groups is 1. The summed E-state index contributed by atoms with van der Waals surface area (Å²) in [7, 11) is 0. The van der Waals surface area contributed by atoms with Gasteiger partial charge in [-0.2, -0.15) is 5.10 Å². The number of ether oxygens (including phenoxy) is 1. The summed E-state index contributed by atoms with van der Waals surface area (Å²) in [5, 5.41) is 4.72. The smallest absolute Gasteiger partial charge is 0.154 e. The molecule has 2 aliphatic rings. The molecule has 1 aromatic carbocycles. The fourth-order valence-corrected chi connectivity index (χ4v) is 4.55. The second-order valence-electron chi connectivity index (χ2n) is 9.03. The van der Waals surface area contributed by atoms with Crippen molar-refractivity contribution in [1.82, 2.24) is 14.7 Å². The van der Waals surface area contributed by atoms with Crippen molar-refractivity contribution in [3.05, 3.63) is 59.9 Å². The van der Waals surface area contributed by atoms with Crippen LogP contribution in [0.15, 0.2) is 48.7 Å². The lowest BCUT2D eigenvalue weighted by atomic mass is 9.84. The van der Waals surface area contributed by atoms with Crippen LogP contribution in [0.1, 0.15) is 64.1 Å². The average molecular weight is 424 g/mol. The van der Waals surface area contributed by atoms with Crippen molar-refractivity contribution in [2.75, 3.05) is 19.6 Å². The van der Waals surface area contributed by atoms with Gasteiger partial charge < -0.3 is 4.74 Å². The summed E-state index contributed by atoms with van der Waals surface area (Å²) in [6.07, 6.45) is 7.77. The first kappa shape index (κ1) is 23.4. The zero-order chi connectivity index (χ0) is 22.4. The number of carbonyl (C=O) groups excluding carboxylic acids is 1. The van der Waals surface area contributed by atoms with E-state index in [2.05, 4.69) is 66.5 Å². The van der Waals surface area contributed by atoms with Crippen LogP contribution in [0.2, 0.25) is 0 Å². The second kappa shape index (κ2) is 10.9. The molecule has 0 bridgehead atoms. The Bertz CT molecular complexity index is 852. The van der Waals surface area contributed by atoms with Crippen LogP contribution in [0, 0.1) is 0 Å². The molecule has 0 saturated carbocycles. The molecule has 0 N–H and O–H groups in total. The number of fused-ring (bicyclic) bond motifs is 1. The van der Waals surface area contributed by atoms with E-state index in [1.54, 1.807) is 6.92 Å². The van der Waals surface area contributed by atoms with Gasteiger partial charge in [-0.25, -0.2) is 4.68 Å². The summed E-state index contributed by atoms with van der Waals surface area (Å²) in [5.74, 6) is 0.713. The summed E-state index contributed by atoms with van der Waals surface area (Å²) in [6.45, 7) is 14.3. The van der Waals surface area contributed by atoms with Gasteiger partial charge in [-0.1, -0.05) is 24.8 Å². The van der Waals surface area contributed by atoms with Crippen molar-refractivity contribution in [3.63, 3.8) is 0 Å². The summed E-state index contributed by atoms with van der Waals surface area (Å²) in [5.41, 5.74) is 4.70. The summed E-state index contributed by atoms with van der Waals surface area (Å²) >= 11 is 0. The van der Waals surface area contributed by atoms with Crippen molar-refractivity contribution in [1.29, 1.82) is 0 Å². The van der Waals surface area contributed by atoms with E-state index in [0.717, 1.165) is 19.5 Å². The van der Waals surface area contributed by atoms with Crippen LogP contribution in [-0.4, -0.2) is 52.3 Å². The quantitative estimate of drug-likeness (QED) is 0.639. The molecule has 5 nitrogen and oxygen atoms in total. The molecule has 31 heavy (non-hydrogen) atoms. The Morgan fingerprint density at radius 3 is 2.42 bits per heavy atom. The van der Waals surface area contributed by atoms with Gasteiger partial charge in [0.2, 0.25) is 0 Å². The van der Waals surface area contributed by atoms with Crippen molar-refractivity contribution >= 4 is 5.78 Å². The van der Waals surface area contributed by atoms with Crippen LogP contribution in [0.4, 0.5) is 0 Å². The van der Waals surface area contributed by atoms with Gasteiger partial charge in [0, 0.05) is 18.8 Å². The highest BCUT2D eigenvalue weighted by Gasteiger charge is 2.27. The standard InChI is InChI=1S/C21H29N3O.C5H8O/c1-16-14-23(15-17(2)25-16)12-11-18-7-6-10-21-20(18)13-22-24(21)19-8-4-3-5-9-19;1-4(2)5(3)6/h3-5,8-9,13,16-18H,6-7,10-12,14-15H2,1-2H3;1H2,2-3H3. The van der Waals surface area contributed by atoms with Crippen molar-refractivity contribution < 1.29 is 9.53 Å². The lowest BCUT2D eigenvalue weighted by Crippen LogP contribution is -2.45. The van der Waals surface area contributed by atoms with Gasteiger partial charge >= 0.3 is 0 Å². The minimum Gasteiger partial charge on any atom is -0.373 e. The predicted octanol–water partition coefficient (Wildman–Crippen LogP) is 4.94. The molecule has 2 aromatic rings. The van der Waals surface area contributed by atoms with Crippen LogP contribution in [-0.2, 0) is 16.0 Å². The van der Waals surface area contributed by atoms with E-state index in [4.69, 9.17) is 9.84 Å². The third kappa shape index (κ3) is 6.37. The van der Waals surface area contributed by atoms with Gasteiger partial charge in [0.15, 0.2) is 5.78 Å². The second-order valence-corrected chi connectivity index (χ2v) is 9.03. The SMILES string of the molecule is C=C(C)C(C)=O.CC1CN(CCC2CCCc3c2cnn3-c2ccccc2)CC(C)O1. The van der Waals surface area contributed by atoms with Gasteiger partial charge in [-0.3, -0.25) is 9.69 Å². The molecule has 1 saturated heterocycles. The molecule has 168 valence electrons. The number of Topliss-reactive ketones (excluding diaryl/α,β-unsaturated/α-hetero) is 1. The third-order valence-corrected chi connectivity index (χ3v) is 6.20. The number of hydrogen-bond donors (Lipinski definition) is 0. The van der Waals surface area contributed by atoms with Crippen molar-refractivity contribution in [2.24, 2.45) is 0 Å². The van der Waals surface area contributed by atoms with Crippen LogP contribution in [0.3, 0.4) is 0 Å². The molecule has 0 radical (unpaired) electrons. The molecule has 3 unspecified atom stereocenters. The molecular weight excluding hydrogens is 386 g/mol. The average Bonchev–Trinajstić information content (AvgIpc) is 3.17. The molecule has 5 heteroatoms. The number of morpholine rings is 1. The maximum absolute atomic E-state index is 10.0. The zero-order valence-corrected chi connectivity index (χ0v) is 19.5. The summed E-state index contributed by atoms with van der Waals surface area (Å²) in [6, 6.07) is 10.5. The number of nitrogens with zero attached hydrogens (tertiary/aromatic N) is 3. The minimum absolute atomic E-state index is 0.0648. The number of allylic oxidation sites excluding steroid dienone is 1. The normalized spacial score (nSPS) is 23.4. The van der Waals surface area contributed by atoms with E-state index in [0.29, 0.717) is 23.7 Å². The number of benzene rings is 1. The Kier molecular flexibility index (Phi) is 8.22. The van der Waals surface area contributed by atoms with Gasteiger partial charge in [0.1, 0.15) is 0 Å². The highest BCUT2D eigenvalue weighted by molar-refractivity contribution is 5.91. The Morgan fingerprint density at radius 2 is 1.81 bits per heavy atom. The van der Waals surface area contributed by atoms with Gasteiger partial charge in [-0.05, 0) is 89.1 Å². The number of rotatable bonds is 5. The van der Waals surface area contributed by atoms with Gasteiger partial charge in [0.25, 0.3) is 0 Å². The van der Waals surface area contributed by atoms with E-state index in [9.17, 15) is 4.79 Å². The fraction of sp³-hybridized carbons (Fsp3) is 0.538. The van der Waals surface area contributed by atoms with E-state index in [1.165, 1.54) is 49.7 Å². The zero-order valence-electron chi connectivity index (χ0n) is 19.5. The topological polar surface area (TPSA) is 47.4 Å². The number of aromatic nitrogens is 2.